The Morgan fingerprint density at radius 1 is 1.38 bits per heavy atom. The molecule has 16 heavy (non-hydrogen) atoms. The summed E-state index contributed by atoms with van der Waals surface area (Å²) < 4.78 is 1.71. The number of rotatable bonds is 2. The molecule has 0 aliphatic heterocycles. The number of nitrogens with zero attached hydrogens (tertiary/aromatic N) is 3. The van der Waals surface area contributed by atoms with Gasteiger partial charge in [0.2, 0.25) is 5.95 Å². The van der Waals surface area contributed by atoms with Crippen molar-refractivity contribution in [2.24, 2.45) is 0 Å². The van der Waals surface area contributed by atoms with Crippen LogP contribution in [0.2, 0.25) is 0 Å². The maximum absolute atomic E-state index is 5.60. The van der Waals surface area contributed by atoms with E-state index in [2.05, 4.69) is 15.4 Å². The summed E-state index contributed by atoms with van der Waals surface area (Å²) in [6.45, 7) is 0. The molecule has 1 fully saturated rings. The van der Waals surface area contributed by atoms with E-state index in [0.29, 0.717) is 12.0 Å². The fourth-order valence-electron chi connectivity index (χ4n) is 2.33. The van der Waals surface area contributed by atoms with Crippen LogP contribution in [0.25, 0.3) is 5.65 Å². The topological polar surface area (TPSA) is 68.2 Å². The van der Waals surface area contributed by atoms with Crippen molar-refractivity contribution in [3.63, 3.8) is 0 Å². The summed E-state index contributed by atoms with van der Waals surface area (Å²) >= 11 is 0. The first kappa shape index (κ1) is 9.45. The number of fused-ring (bicyclic) bond motifs is 1. The molecule has 3 N–H and O–H groups in total. The van der Waals surface area contributed by atoms with Gasteiger partial charge < -0.3 is 11.1 Å². The van der Waals surface area contributed by atoms with E-state index in [1.165, 1.54) is 25.7 Å². The molecule has 3 rings (SSSR count). The number of nitrogen functional groups attached to an aromatic ring is 1. The molecule has 1 saturated carbocycles. The molecule has 0 aromatic carbocycles. The number of hydrogen-bond acceptors (Lipinski definition) is 4. The Labute approximate surface area is 93.7 Å². The van der Waals surface area contributed by atoms with Gasteiger partial charge in [0, 0.05) is 12.2 Å². The molecule has 0 unspecified atom stereocenters. The highest BCUT2D eigenvalue weighted by atomic mass is 15.3. The Bertz CT molecular complexity index is 498. The molecule has 0 saturated heterocycles. The Hall–Kier alpha value is -1.78. The molecule has 0 spiro atoms. The van der Waals surface area contributed by atoms with Gasteiger partial charge in [0.1, 0.15) is 0 Å². The summed E-state index contributed by atoms with van der Waals surface area (Å²) in [5.74, 6) is 0.320. The SMILES string of the molecule is Nc1nc2c(NC3CCCC3)cccn2n1. The van der Waals surface area contributed by atoms with Gasteiger partial charge in [-0.2, -0.15) is 4.98 Å². The average Bonchev–Trinajstić information content (AvgIpc) is 2.86. The highest BCUT2D eigenvalue weighted by Gasteiger charge is 2.16. The summed E-state index contributed by atoms with van der Waals surface area (Å²) in [6.07, 6.45) is 6.97. The van der Waals surface area contributed by atoms with Crippen molar-refractivity contribution in [1.29, 1.82) is 0 Å². The van der Waals surface area contributed by atoms with Crippen LogP contribution >= 0.6 is 0 Å². The lowest BCUT2D eigenvalue weighted by Crippen LogP contribution is -2.15. The minimum atomic E-state index is 0.320. The van der Waals surface area contributed by atoms with Crippen molar-refractivity contribution in [3.8, 4) is 0 Å². The maximum Gasteiger partial charge on any atom is 0.240 e. The van der Waals surface area contributed by atoms with Crippen LogP contribution in [0.1, 0.15) is 25.7 Å². The molecule has 0 amide bonds. The molecular formula is C11H15N5. The minimum absolute atomic E-state index is 0.320. The van der Waals surface area contributed by atoms with Crippen LogP contribution < -0.4 is 11.1 Å². The molecule has 84 valence electrons. The Morgan fingerprint density at radius 3 is 3.00 bits per heavy atom. The van der Waals surface area contributed by atoms with E-state index in [-0.39, 0.29) is 0 Å². The van der Waals surface area contributed by atoms with E-state index in [1.54, 1.807) is 4.52 Å². The van der Waals surface area contributed by atoms with Crippen molar-refractivity contribution in [1.82, 2.24) is 14.6 Å². The average molecular weight is 217 g/mol. The van der Waals surface area contributed by atoms with Crippen molar-refractivity contribution in [3.05, 3.63) is 18.3 Å². The smallest absolute Gasteiger partial charge is 0.240 e. The normalized spacial score (nSPS) is 17.0. The van der Waals surface area contributed by atoms with E-state index >= 15 is 0 Å². The van der Waals surface area contributed by atoms with Crippen molar-refractivity contribution >= 4 is 17.3 Å². The lowest BCUT2D eigenvalue weighted by atomic mass is 10.2. The number of anilines is 2. The predicted octanol–water partition coefficient (Wildman–Crippen LogP) is 1.67. The first-order valence-electron chi connectivity index (χ1n) is 5.70. The molecule has 0 bridgehead atoms. The van der Waals surface area contributed by atoms with Crippen LogP contribution in [-0.4, -0.2) is 20.6 Å². The van der Waals surface area contributed by atoms with E-state index in [4.69, 9.17) is 5.73 Å². The minimum Gasteiger partial charge on any atom is -0.379 e. The Balaban J connectivity index is 1.95. The number of nitrogens with one attached hydrogen (secondary N) is 1. The molecule has 5 nitrogen and oxygen atoms in total. The summed E-state index contributed by atoms with van der Waals surface area (Å²) in [5, 5.41) is 7.61. The van der Waals surface area contributed by atoms with Crippen molar-refractivity contribution < 1.29 is 0 Å². The highest BCUT2D eigenvalue weighted by Crippen LogP contribution is 2.24. The third kappa shape index (κ3) is 1.58. The van der Waals surface area contributed by atoms with Crippen LogP contribution in [0.3, 0.4) is 0 Å². The number of hydrogen-bond donors (Lipinski definition) is 2. The first-order valence-corrected chi connectivity index (χ1v) is 5.70. The molecule has 5 heteroatoms. The number of aromatic nitrogens is 3. The van der Waals surface area contributed by atoms with E-state index in [0.717, 1.165) is 11.3 Å². The van der Waals surface area contributed by atoms with Gasteiger partial charge >= 0.3 is 0 Å². The lowest BCUT2D eigenvalue weighted by molar-refractivity contribution is 0.755. The van der Waals surface area contributed by atoms with Gasteiger partial charge in [0.05, 0.1) is 5.69 Å². The van der Waals surface area contributed by atoms with Gasteiger partial charge in [-0.25, -0.2) is 4.52 Å². The molecule has 1 aliphatic carbocycles. The first-order chi connectivity index (χ1) is 7.83. The monoisotopic (exact) mass is 217 g/mol. The van der Waals surface area contributed by atoms with Crippen LogP contribution in [0.4, 0.5) is 11.6 Å². The molecule has 0 radical (unpaired) electrons. The second-order valence-electron chi connectivity index (χ2n) is 4.29. The highest BCUT2D eigenvalue weighted by molar-refractivity contribution is 5.68. The standard InChI is InChI=1S/C11H15N5/c12-11-14-10-9(6-3-7-16(10)15-11)13-8-4-1-2-5-8/h3,6-8,13H,1-2,4-5H2,(H2,12,15). The summed E-state index contributed by atoms with van der Waals surface area (Å²) in [7, 11) is 0. The summed E-state index contributed by atoms with van der Waals surface area (Å²) in [5.41, 5.74) is 7.44. The van der Waals surface area contributed by atoms with E-state index in [1.807, 2.05) is 18.3 Å². The predicted molar refractivity (Wildman–Crippen MR) is 63.3 cm³/mol. The molecule has 2 aromatic heterocycles. The van der Waals surface area contributed by atoms with Gasteiger partial charge in [-0.1, -0.05) is 12.8 Å². The van der Waals surface area contributed by atoms with Crippen LogP contribution in [0.15, 0.2) is 18.3 Å². The molecule has 0 atom stereocenters. The van der Waals surface area contributed by atoms with E-state index < -0.39 is 0 Å². The summed E-state index contributed by atoms with van der Waals surface area (Å²) in [4.78, 5) is 4.22. The lowest BCUT2D eigenvalue weighted by Gasteiger charge is -2.13. The van der Waals surface area contributed by atoms with Crippen molar-refractivity contribution in [2.75, 3.05) is 11.1 Å². The second kappa shape index (κ2) is 3.66. The van der Waals surface area contributed by atoms with Gasteiger partial charge in [-0.3, -0.25) is 0 Å². The largest absolute Gasteiger partial charge is 0.379 e. The van der Waals surface area contributed by atoms with Gasteiger partial charge in [0.15, 0.2) is 5.65 Å². The fourth-order valence-corrected chi connectivity index (χ4v) is 2.33. The van der Waals surface area contributed by atoms with Crippen LogP contribution in [-0.2, 0) is 0 Å². The molecule has 1 aliphatic rings. The van der Waals surface area contributed by atoms with Crippen LogP contribution in [0.5, 0.6) is 0 Å². The maximum atomic E-state index is 5.60. The Kier molecular flexibility index (Phi) is 2.16. The molecular weight excluding hydrogens is 202 g/mol. The van der Waals surface area contributed by atoms with Gasteiger partial charge in [0.25, 0.3) is 0 Å². The molecule has 2 aromatic rings. The third-order valence-electron chi connectivity index (χ3n) is 3.09. The van der Waals surface area contributed by atoms with E-state index in [9.17, 15) is 0 Å². The third-order valence-corrected chi connectivity index (χ3v) is 3.09. The van der Waals surface area contributed by atoms with Crippen LogP contribution in [0, 0.1) is 0 Å². The second-order valence-corrected chi connectivity index (χ2v) is 4.29. The number of nitrogens with two attached hydrogens (primary N) is 1. The quantitative estimate of drug-likeness (QED) is 0.802. The fraction of sp³-hybridized carbons (Fsp3) is 0.455. The zero-order valence-electron chi connectivity index (χ0n) is 9.06. The summed E-state index contributed by atoms with van der Waals surface area (Å²) in [6, 6.07) is 4.56. The zero-order chi connectivity index (χ0) is 11.0. The Morgan fingerprint density at radius 2 is 2.19 bits per heavy atom. The zero-order valence-corrected chi connectivity index (χ0v) is 9.06. The van der Waals surface area contributed by atoms with Gasteiger partial charge in [-0.15, -0.1) is 5.10 Å². The van der Waals surface area contributed by atoms with Crippen molar-refractivity contribution in [2.45, 2.75) is 31.7 Å². The molecule has 2 heterocycles. The van der Waals surface area contributed by atoms with Gasteiger partial charge in [-0.05, 0) is 25.0 Å². The number of pyridine rings is 1.